The zero-order valence-electron chi connectivity index (χ0n) is 22.8. The summed E-state index contributed by atoms with van der Waals surface area (Å²) in [5, 5.41) is 3.15. The number of aromatic amines is 1. The Labute approximate surface area is 227 Å². The topological polar surface area (TPSA) is 73.5 Å². The van der Waals surface area contributed by atoms with Crippen molar-refractivity contribution in [3.8, 4) is 17.1 Å². The molecule has 4 rings (SSSR count). The fourth-order valence-electron chi connectivity index (χ4n) is 4.98. The SMILES string of the molecule is CNC(C)CC(=O)N(c1ccccc1OC)C1CCN(Cc2nc(-c3ccc(C(F)(F)F)cc3)[nH]c2C)CC1. The van der Waals surface area contributed by atoms with E-state index in [0.29, 0.717) is 30.1 Å². The van der Waals surface area contributed by atoms with Gasteiger partial charge in [-0.2, -0.15) is 13.2 Å². The van der Waals surface area contributed by atoms with Crippen LogP contribution in [0.5, 0.6) is 5.75 Å². The Morgan fingerprint density at radius 3 is 2.46 bits per heavy atom. The maximum absolute atomic E-state index is 13.5. The molecule has 2 N–H and O–H groups in total. The van der Waals surface area contributed by atoms with E-state index < -0.39 is 11.7 Å². The van der Waals surface area contributed by atoms with Crippen molar-refractivity contribution >= 4 is 11.6 Å². The number of halogens is 3. The van der Waals surface area contributed by atoms with Gasteiger partial charge >= 0.3 is 6.18 Å². The molecular weight excluding hydrogens is 507 g/mol. The van der Waals surface area contributed by atoms with Crippen LogP contribution < -0.4 is 15.0 Å². The van der Waals surface area contributed by atoms with Crippen molar-refractivity contribution < 1.29 is 22.7 Å². The molecule has 1 aromatic heterocycles. The highest BCUT2D eigenvalue weighted by molar-refractivity contribution is 5.95. The minimum absolute atomic E-state index is 0.0390. The summed E-state index contributed by atoms with van der Waals surface area (Å²) < 4.78 is 44.3. The highest BCUT2D eigenvalue weighted by atomic mass is 19.4. The maximum Gasteiger partial charge on any atom is 0.416 e. The summed E-state index contributed by atoms with van der Waals surface area (Å²) >= 11 is 0. The number of anilines is 1. The molecule has 39 heavy (non-hydrogen) atoms. The monoisotopic (exact) mass is 543 g/mol. The van der Waals surface area contributed by atoms with Gasteiger partial charge < -0.3 is 19.9 Å². The predicted octanol–water partition coefficient (Wildman–Crippen LogP) is 5.41. The van der Waals surface area contributed by atoms with E-state index in [1.165, 1.54) is 12.1 Å². The average Bonchev–Trinajstić information content (AvgIpc) is 3.29. The fourth-order valence-corrected chi connectivity index (χ4v) is 4.98. The van der Waals surface area contributed by atoms with Crippen LogP contribution in [-0.4, -0.2) is 60.1 Å². The summed E-state index contributed by atoms with van der Waals surface area (Å²) in [4.78, 5) is 25.6. The van der Waals surface area contributed by atoms with Gasteiger partial charge in [0.1, 0.15) is 11.6 Å². The van der Waals surface area contributed by atoms with Crippen molar-refractivity contribution in [3.05, 3.63) is 65.5 Å². The summed E-state index contributed by atoms with van der Waals surface area (Å²) in [6.07, 6.45) is -2.39. The average molecular weight is 544 g/mol. The number of para-hydroxylation sites is 2. The molecule has 1 unspecified atom stereocenters. The molecule has 0 aliphatic carbocycles. The number of carbonyl (C=O) groups is 1. The first-order chi connectivity index (χ1) is 18.6. The van der Waals surface area contributed by atoms with E-state index in [0.717, 1.165) is 55.1 Å². The van der Waals surface area contributed by atoms with Crippen LogP contribution in [-0.2, 0) is 17.5 Å². The number of aromatic nitrogens is 2. The Morgan fingerprint density at radius 1 is 1.18 bits per heavy atom. The standard InChI is InChI=1S/C29H36F3N5O2/c1-19(33-3)17-27(38)37(25-7-5-6-8-26(25)39-4)23-13-15-36(16-14-23)18-24-20(2)34-28(35-24)21-9-11-22(12-10-21)29(30,31)32/h5-12,19,23,33H,13-18H2,1-4H3,(H,34,35). The van der Waals surface area contributed by atoms with E-state index in [1.807, 2.05) is 50.1 Å². The van der Waals surface area contributed by atoms with Gasteiger partial charge in [-0.05, 0) is 58.0 Å². The molecule has 10 heteroatoms. The Kier molecular flexibility index (Phi) is 8.97. The number of H-pyrrole nitrogens is 1. The van der Waals surface area contributed by atoms with E-state index in [2.05, 4.69) is 15.2 Å². The number of methoxy groups -OCH3 is 1. The number of hydrogen-bond donors (Lipinski definition) is 2. The number of carbonyl (C=O) groups excluding carboxylic acids is 1. The molecule has 1 aliphatic heterocycles. The largest absolute Gasteiger partial charge is 0.495 e. The molecule has 1 amide bonds. The van der Waals surface area contributed by atoms with Crippen molar-refractivity contribution in [2.75, 3.05) is 32.1 Å². The second-order valence-corrected chi connectivity index (χ2v) is 10.1. The summed E-state index contributed by atoms with van der Waals surface area (Å²) in [5.41, 5.74) is 2.47. The van der Waals surface area contributed by atoms with Gasteiger partial charge in [-0.25, -0.2) is 4.98 Å². The van der Waals surface area contributed by atoms with Crippen LogP contribution in [0.15, 0.2) is 48.5 Å². The number of nitrogens with zero attached hydrogens (tertiary/aromatic N) is 3. The third-order valence-corrected chi connectivity index (χ3v) is 7.35. The van der Waals surface area contributed by atoms with Crippen molar-refractivity contribution in [2.24, 2.45) is 0 Å². The minimum Gasteiger partial charge on any atom is -0.495 e. The van der Waals surface area contributed by atoms with Gasteiger partial charge in [0, 0.05) is 49.4 Å². The molecule has 1 fully saturated rings. The highest BCUT2D eigenvalue weighted by Gasteiger charge is 2.32. The molecular formula is C29H36F3N5O2. The van der Waals surface area contributed by atoms with E-state index in [1.54, 1.807) is 7.11 Å². The smallest absolute Gasteiger partial charge is 0.416 e. The van der Waals surface area contributed by atoms with Crippen LogP contribution in [0.3, 0.4) is 0 Å². The molecule has 3 aromatic rings. The van der Waals surface area contributed by atoms with Crippen molar-refractivity contribution in [1.29, 1.82) is 0 Å². The first kappa shape index (κ1) is 28.6. The fraction of sp³-hybridized carbons (Fsp3) is 0.448. The number of rotatable bonds is 9. The molecule has 0 bridgehead atoms. The van der Waals surface area contributed by atoms with Gasteiger partial charge in [0.15, 0.2) is 0 Å². The summed E-state index contributed by atoms with van der Waals surface area (Å²) in [6.45, 7) is 6.11. The number of benzene rings is 2. The molecule has 1 aliphatic rings. The number of amides is 1. The lowest BCUT2D eigenvalue weighted by molar-refractivity contribution is -0.137. The molecule has 1 saturated heterocycles. The number of ether oxygens (including phenoxy) is 1. The van der Waals surface area contributed by atoms with E-state index >= 15 is 0 Å². The van der Waals surface area contributed by atoms with Gasteiger partial charge in [-0.15, -0.1) is 0 Å². The zero-order chi connectivity index (χ0) is 28.2. The van der Waals surface area contributed by atoms with Crippen molar-refractivity contribution in [1.82, 2.24) is 20.2 Å². The lowest BCUT2D eigenvalue weighted by Gasteiger charge is -2.39. The number of imidazole rings is 1. The van der Waals surface area contributed by atoms with E-state index in [9.17, 15) is 18.0 Å². The first-order valence-corrected chi connectivity index (χ1v) is 13.2. The van der Waals surface area contributed by atoms with Gasteiger partial charge in [-0.3, -0.25) is 9.69 Å². The summed E-state index contributed by atoms with van der Waals surface area (Å²) in [7, 11) is 3.47. The second-order valence-electron chi connectivity index (χ2n) is 10.1. The lowest BCUT2D eigenvalue weighted by atomic mass is 10.0. The number of nitrogens with one attached hydrogen (secondary N) is 2. The van der Waals surface area contributed by atoms with Gasteiger partial charge in [0.2, 0.25) is 5.91 Å². The normalized spacial score (nSPS) is 15.8. The van der Waals surface area contributed by atoms with Crippen LogP contribution in [0.25, 0.3) is 11.4 Å². The lowest BCUT2D eigenvalue weighted by Crippen LogP contribution is -2.48. The van der Waals surface area contributed by atoms with Crippen LogP contribution in [0, 0.1) is 6.92 Å². The molecule has 210 valence electrons. The Morgan fingerprint density at radius 2 is 1.85 bits per heavy atom. The Balaban J connectivity index is 1.45. The molecule has 0 radical (unpaired) electrons. The van der Waals surface area contributed by atoms with Crippen molar-refractivity contribution in [3.63, 3.8) is 0 Å². The quantitative estimate of drug-likeness (QED) is 0.378. The Bertz CT molecular complexity index is 1250. The van der Waals surface area contributed by atoms with Gasteiger partial charge in [-0.1, -0.05) is 24.3 Å². The molecule has 2 heterocycles. The molecule has 2 aromatic carbocycles. The zero-order valence-corrected chi connectivity index (χ0v) is 22.8. The van der Waals surface area contributed by atoms with Gasteiger partial charge in [0.25, 0.3) is 0 Å². The molecule has 0 saturated carbocycles. The summed E-state index contributed by atoms with van der Waals surface area (Å²) in [5.74, 6) is 1.29. The van der Waals surface area contributed by atoms with Crippen LogP contribution in [0.1, 0.15) is 43.1 Å². The number of hydrogen-bond acceptors (Lipinski definition) is 5. The first-order valence-electron chi connectivity index (χ1n) is 13.2. The van der Waals surface area contributed by atoms with Crippen LogP contribution >= 0.6 is 0 Å². The number of piperidine rings is 1. The Hall–Kier alpha value is -3.37. The van der Waals surface area contributed by atoms with Crippen LogP contribution in [0.2, 0.25) is 0 Å². The predicted molar refractivity (Wildman–Crippen MR) is 146 cm³/mol. The molecule has 7 nitrogen and oxygen atoms in total. The number of aryl methyl sites for hydroxylation is 1. The minimum atomic E-state index is -4.37. The van der Waals surface area contributed by atoms with Gasteiger partial charge in [0.05, 0.1) is 24.1 Å². The van der Waals surface area contributed by atoms with E-state index in [-0.39, 0.29) is 18.0 Å². The maximum atomic E-state index is 13.5. The second kappa shape index (κ2) is 12.2. The third-order valence-electron chi connectivity index (χ3n) is 7.35. The summed E-state index contributed by atoms with van der Waals surface area (Å²) in [6, 6.07) is 12.7. The van der Waals surface area contributed by atoms with E-state index in [4.69, 9.17) is 9.72 Å². The highest BCUT2D eigenvalue weighted by Crippen LogP contribution is 2.34. The molecule has 1 atom stereocenters. The number of likely N-dealkylation sites (tertiary alicyclic amines) is 1. The van der Waals surface area contributed by atoms with Crippen molar-refractivity contribution in [2.45, 2.75) is 57.9 Å². The van der Waals surface area contributed by atoms with Crippen LogP contribution in [0.4, 0.5) is 18.9 Å². The molecule has 0 spiro atoms. The number of alkyl halides is 3. The third kappa shape index (κ3) is 6.80.